The third-order valence-corrected chi connectivity index (χ3v) is 7.36. The number of fused-ring (bicyclic) bond motifs is 5. The number of allylic oxidation sites excluding steroid dienone is 1. The summed E-state index contributed by atoms with van der Waals surface area (Å²) < 4.78 is 3.57. The van der Waals surface area contributed by atoms with Crippen LogP contribution in [-0.4, -0.2) is 35.6 Å². The first-order valence-electron chi connectivity index (χ1n) is 11.2. The fourth-order valence-electron chi connectivity index (χ4n) is 5.21. The zero-order valence-corrected chi connectivity index (χ0v) is 19.7. The van der Waals surface area contributed by atoms with Crippen molar-refractivity contribution in [2.24, 2.45) is 5.10 Å². The Morgan fingerprint density at radius 1 is 1.16 bits per heavy atom. The van der Waals surface area contributed by atoms with Crippen molar-refractivity contribution in [3.05, 3.63) is 87.7 Å². The lowest BCUT2D eigenvalue weighted by Gasteiger charge is -2.25. The second-order valence-corrected chi connectivity index (χ2v) is 9.66. The largest absolute Gasteiger partial charge is 0.316 e. The topological polar surface area (TPSA) is 35.8 Å². The first-order chi connectivity index (χ1) is 15.7. The molecule has 32 heavy (non-hydrogen) atoms. The summed E-state index contributed by atoms with van der Waals surface area (Å²) in [6.07, 6.45) is 8.79. The summed E-state index contributed by atoms with van der Waals surface area (Å²) in [5, 5.41) is 4.73. The molecule has 3 heterocycles. The summed E-state index contributed by atoms with van der Waals surface area (Å²) in [5.74, 6) is 1.38. The number of hydrazone groups is 1. The molecule has 2 aliphatic heterocycles. The number of halogens is 1. The Hall–Kier alpha value is -2.83. The number of amidine groups is 1. The van der Waals surface area contributed by atoms with E-state index in [9.17, 15) is 0 Å². The lowest BCUT2D eigenvalue weighted by Crippen LogP contribution is -2.33. The molecule has 0 fully saturated rings. The minimum Gasteiger partial charge on any atom is -0.316 e. The fraction of sp³-hybridized carbons (Fsp3) is 0.269. The Kier molecular flexibility index (Phi) is 4.92. The van der Waals surface area contributed by atoms with Crippen LogP contribution in [0.4, 0.5) is 5.69 Å². The lowest BCUT2D eigenvalue weighted by molar-refractivity contribution is 0.331. The predicted molar refractivity (Wildman–Crippen MR) is 134 cm³/mol. The molecule has 162 valence electrons. The number of para-hydroxylation sites is 1. The monoisotopic (exact) mass is 487 g/mol. The highest BCUT2D eigenvalue weighted by molar-refractivity contribution is 9.10. The van der Waals surface area contributed by atoms with Gasteiger partial charge in [0, 0.05) is 35.0 Å². The van der Waals surface area contributed by atoms with E-state index < -0.39 is 0 Å². The Balaban J connectivity index is 1.40. The van der Waals surface area contributed by atoms with Crippen molar-refractivity contribution in [2.75, 3.05) is 25.2 Å². The highest BCUT2D eigenvalue weighted by Crippen LogP contribution is 2.45. The van der Waals surface area contributed by atoms with Crippen LogP contribution in [0.1, 0.15) is 34.7 Å². The molecule has 6 heteroatoms. The molecular formula is C26H26BrN5. The molecule has 0 saturated carbocycles. The summed E-state index contributed by atoms with van der Waals surface area (Å²) in [6, 6.07) is 17.4. The van der Waals surface area contributed by atoms with Crippen LogP contribution in [-0.2, 0) is 13.0 Å². The maximum absolute atomic E-state index is 4.73. The van der Waals surface area contributed by atoms with Crippen LogP contribution in [0.3, 0.4) is 0 Å². The zero-order chi connectivity index (χ0) is 21.7. The minimum atomic E-state index is 0.257. The SMILES string of the molecule is CN(CCc1ccccc1)Cc1cccc2c1-n1cc(Br)c3c1C(CC=C3)C1=NNCN12. The number of nitrogens with zero attached hydrogens (tertiary/aromatic N) is 4. The van der Waals surface area contributed by atoms with Crippen molar-refractivity contribution >= 4 is 33.5 Å². The molecule has 1 unspecified atom stereocenters. The standard InChI is InChI=1S/C26H26BrN5/c1-30(14-13-18-7-3-2-4-8-18)15-19-9-5-12-23-24(19)31-16-22(27)20-10-6-11-21(25(20)31)26-29-28-17-32(23)26/h2-10,12,16,21,28H,11,13-15,17H2,1H3. The molecule has 0 spiro atoms. The highest BCUT2D eigenvalue weighted by Gasteiger charge is 2.38. The number of hydrogen-bond donors (Lipinski definition) is 1. The molecule has 1 aliphatic carbocycles. The number of nitrogens with one attached hydrogen (secondary N) is 1. The first kappa shape index (κ1) is 19.8. The van der Waals surface area contributed by atoms with Gasteiger partial charge in [0.1, 0.15) is 12.5 Å². The van der Waals surface area contributed by atoms with Gasteiger partial charge in [0.05, 0.1) is 17.3 Å². The quantitative estimate of drug-likeness (QED) is 0.543. The molecule has 3 aromatic rings. The second kappa shape index (κ2) is 7.94. The number of likely N-dealkylation sites (N-methyl/N-ethyl adjacent to an activating group) is 1. The molecule has 0 saturated heterocycles. The van der Waals surface area contributed by atoms with E-state index in [1.54, 1.807) is 0 Å². The van der Waals surface area contributed by atoms with Crippen molar-refractivity contribution < 1.29 is 0 Å². The van der Waals surface area contributed by atoms with E-state index in [0.717, 1.165) is 42.9 Å². The van der Waals surface area contributed by atoms with Crippen LogP contribution in [0.5, 0.6) is 0 Å². The van der Waals surface area contributed by atoms with Gasteiger partial charge in [-0.2, -0.15) is 5.10 Å². The van der Waals surface area contributed by atoms with Crippen molar-refractivity contribution in [1.82, 2.24) is 14.9 Å². The fourth-order valence-corrected chi connectivity index (χ4v) is 5.75. The average molecular weight is 488 g/mol. The lowest BCUT2D eigenvalue weighted by atomic mass is 9.91. The molecule has 1 aromatic heterocycles. The van der Waals surface area contributed by atoms with Gasteiger partial charge < -0.3 is 14.4 Å². The Morgan fingerprint density at radius 3 is 2.91 bits per heavy atom. The van der Waals surface area contributed by atoms with Crippen molar-refractivity contribution in [3.63, 3.8) is 0 Å². The molecule has 1 atom stereocenters. The van der Waals surface area contributed by atoms with Gasteiger partial charge in [-0.1, -0.05) is 54.6 Å². The summed E-state index contributed by atoms with van der Waals surface area (Å²) in [6.45, 7) is 2.64. The summed E-state index contributed by atoms with van der Waals surface area (Å²) in [4.78, 5) is 4.78. The van der Waals surface area contributed by atoms with Crippen molar-refractivity contribution in [2.45, 2.75) is 25.3 Å². The number of benzene rings is 2. The molecule has 3 aliphatic rings. The van der Waals surface area contributed by atoms with Crippen LogP contribution in [0.15, 0.2) is 70.4 Å². The van der Waals surface area contributed by atoms with E-state index in [2.05, 4.69) is 110 Å². The predicted octanol–water partition coefficient (Wildman–Crippen LogP) is 5.11. The van der Waals surface area contributed by atoms with Crippen LogP contribution in [0.2, 0.25) is 0 Å². The van der Waals surface area contributed by atoms with Crippen LogP contribution in [0, 0.1) is 0 Å². The highest BCUT2D eigenvalue weighted by atomic mass is 79.9. The van der Waals surface area contributed by atoms with Gasteiger partial charge in [0.25, 0.3) is 0 Å². The van der Waals surface area contributed by atoms with Gasteiger partial charge in [-0.3, -0.25) is 5.43 Å². The van der Waals surface area contributed by atoms with Crippen LogP contribution in [0.25, 0.3) is 11.8 Å². The minimum absolute atomic E-state index is 0.257. The van der Waals surface area contributed by atoms with E-state index in [4.69, 9.17) is 5.10 Å². The number of hydrogen-bond acceptors (Lipinski definition) is 4. The number of aromatic nitrogens is 1. The van der Waals surface area contributed by atoms with Gasteiger partial charge in [-0.05, 0) is 53.0 Å². The smallest absolute Gasteiger partial charge is 0.140 e. The molecular weight excluding hydrogens is 462 g/mol. The second-order valence-electron chi connectivity index (χ2n) is 8.81. The normalized spacial score (nSPS) is 18.0. The third-order valence-electron chi connectivity index (χ3n) is 6.73. The van der Waals surface area contributed by atoms with Crippen LogP contribution < -0.4 is 10.3 Å². The summed E-state index contributed by atoms with van der Waals surface area (Å²) >= 11 is 3.82. The van der Waals surface area contributed by atoms with Crippen molar-refractivity contribution in [1.29, 1.82) is 0 Å². The van der Waals surface area contributed by atoms with E-state index in [0.29, 0.717) is 0 Å². The number of rotatable bonds is 5. The molecule has 2 aromatic carbocycles. The Labute approximate surface area is 197 Å². The third kappa shape index (κ3) is 3.21. The molecule has 5 nitrogen and oxygen atoms in total. The van der Waals surface area contributed by atoms with Gasteiger partial charge in [0.15, 0.2) is 0 Å². The zero-order valence-electron chi connectivity index (χ0n) is 18.1. The van der Waals surface area contributed by atoms with Gasteiger partial charge in [-0.25, -0.2) is 0 Å². The average Bonchev–Trinajstić information content (AvgIpc) is 3.41. The van der Waals surface area contributed by atoms with E-state index in [1.165, 1.54) is 33.8 Å². The van der Waals surface area contributed by atoms with E-state index in [1.807, 2.05) is 0 Å². The molecule has 0 bridgehead atoms. The van der Waals surface area contributed by atoms with E-state index in [-0.39, 0.29) is 5.92 Å². The number of anilines is 1. The summed E-state index contributed by atoms with van der Waals surface area (Å²) in [5.41, 5.74) is 11.1. The molecule has 0 radical (unpaired) electrons. The van der Waals surface area contributed by atoms with Crippen LogP contribution >= 0.6 is 15.9 Å². The molecule has 1 N–H and O–H groups in total. The maximum Gasteiger partial charge on any atom is 0.140 e. The Morgan fingerprint density at radius 2 is 2.03 bits per heavy atom. The maximum atomic E-state index is 4.73. The van der Waals surface area contributed by atoms with Crippen molar-refractivity contribution in [3.8, 4) is 5.69 Å². The molecule has 0 amide bonds. The van der Waals surface area contributed by atoms with E-state index >= 15 is 0 Å². The van der Waals surface area contributed by atoms with Gasteiger partial charge in [-0.15, -0.1) is 0 Å². The van der Waals surface area contributed by atoms with Gasteiger partial charge in [0.2, 0.25) is 0 Å². The van der Waals surface area contributed by atoms with Gasteiger partial charge >= 0.3 is 0 Å². The Bertz CT molecular complexity index is 1230. The molecule has 6 rings (SSSR count). The summed E-state index contributed by atoms with van der Waals surface area (Å²) in [7, 11) is 2.22. The first-order valence-corrected chi connectivity index (χ1v) is 12.0.